The molecule has 0 bridgehead atoms. The number of benzene rings is 1. The van der Waals surface area contributed by atoms with Crippen LogP contribution in [0.25, 0.3) is 0 Å². The van der Waals surface area contributed by atoms with Gasteiger partial charge in [-0.15, -0.1) is 10.2 Å². The SMILES string of the molecule is CC[C@H](C)[C@H](N)c1nnc(SCc2cccc(Cl)c2)o1. The van der Waals surface area contributed by atoms with Gasteiger partial charge in [-0.1, -0.05) is 55.8 Å². The molecule has 1 aromatic carbocycles. The zero-order valence-electron chi connectivity index (χ0n) is 11.5. The topological polar surface area (TPSA) is 64.9 Å². The van der Waals surface area contributed by atoms with Crippen molar-refractivity contribution in [1.29, 1.82) is 0 Å². The summed E-state index contributed by atoms with van der Waals surface area (Å²) >= 11 is 7.43. The number of hydrogen-bond donors (Lipinski definition) is 1. The first-order chi connectivity index (χ1) is 9.60. The molecule has 108 valence electrons. The van der Waals surface area contributed by atoms with Crippen LogP contribution in [-0.4, -0.2) is 10.2 Å². The molecule has 4 nitrogen and oxygen atoms in total. The molecule has 0 saturated carbocycles. The van der Waals surface area contributed by atoms with Gasteiger partial charge in [-0.3, -0.25) is 0 Å². The van der Waals surface area contributed by atoms with Crippen LogP contribution in [0.1, 0.15) is 37.8 Å². The fourth-order valence-corrected chi connectivity index (χ4v) is 2.61. The highest BCUT2D eigenvalue weighted by atomic mass is 35.5. The second kappa shape index (κ2) is 7.11. The lowest BCUT2D eigenvalue weighted by Gasteiger charge is -2.13. The molecule has 0 amide bonds. The van der Waals surface area contributed by atoms with Crippen LogP contribution in [0.15, 0.2) is 33.9 Å². The molecular formula is C14H18ClN3OS. The summed E-state index contributed by atoms with van der Waals surface area (Å²) in [5.41, 5.74) is 7.19. The summed E-state index contributed by atoms with van der Waals surface area (Å²) in [6.07, 6.45) is 0.981. The summed E-state index contributed by atoms with van der Waals surface area (Å²) in [4.78, 5) is 0. The standard InChI is InChI=1S/C14H18ClN3OS/c1-3-9(2)12(16)13-17-18-14(19-13)20-8-10-5-4-6-11(15)7-10/h4-7,9,12H,3,8,16H2,1-2H3/t9-,12-/m0/s1. The van der Waals surface area contributed by atoms with Gasteiger partial charge >= 0.3 is 0 Å². The van der Waals surface area contributed by atoms with Gasteiger partial charge in [0.2, 0.25) is 5.89 Å². The second-order valence-corrected chi connectivity index (χ2v) is 6.10. The molecule has 1 heterocycles. The maximum absolute atomic E-state index is 6.07. The van der Waals surface area contributed by atoms with Gasteiger partial charge in [-0.2, -0.15) is 0 Å². The maximum atomic E-state index is 6.07. The minimum Gasteiger partial charge on any atom is -0.414 e. The predicted molar refractivity (Wildman–Crippen MR) is 81.7 cm³/mol. The normalized spacial score (nSPS) is 14.2. The summed E-state index contributed by atoms with van der Waals surface area (Å²) < 4.78 is 5.60. The van der Waals surface area contributed by atoms with Crippen molar-refractivity contribution in [3.63, 3.8) is 0 Å². The van der Waals surface area contributed by atoms with Crippen molar-refractivity contribution in [3.05, 3.63) is 40.7 Å². The van der Waals surface area contributed by atoms with Crippen molar-refractivity contribution < 1.29 is 4.42 Å². The van der Waals surface area contributed by atoms with Gasteiger partial charge in [0, 0.05) is 10.8 Å². The van der Waals surface area contributed by atoms with Gasteiger partial charge in [0.15, 0.2) is 0 Å². The van der Waals surface area contributed by atoms with Gasteiger partial charge in [0.1, 0.15) is 0 Å². The Labute approximate surface area is 128 Å². The number of hydrogen-bond acceptors (Lipinski definition) is 5. The molecule has 6 heteroatoms. The monoisotopic (exact) mass is 311 g/mol. The van der Waals surface area contributed by atoms with Gasteiger partial charge in [-0.05, 0) is 23.6 Å². The molecule has 0 unspecified atom stereocenters. The molecule has 2 aromatic rings. The third-order valence-electron chi connectivity index (χ3n) is 3.22. The van der Waals surface area contributed by atoms with Gasteiger partial charge in [-0.25, -0.2) is 0 Å². The van der Waals surface area contributed by atoms with E-state index in [-0.39, 0.29) is 6.04 Å². The average molecular weight is 312 g/mol. The minimum absolute atomic E-state index is 0.201. The highest BCUT2D eigenvalue weighted by Crippen LogP contribution is 2.26. The highest BCUT2D eigenvalue weighted by molar-refractivity contribution is 7.98. The molecule has 2 N–H and O–H groups in total. The van der Waals surface area contributed by atoms with E-state index in [0.717, 1.165) is 22.8 Å². The first kappa shape index (κ1) is 15.4. The number of rotatable bonds is 6. The molecule has 0 aliphatic heterocycles. The highest BCUT2D eigenvalue weighted by Gasteiger charge is 2.19. The first-order valence-corrected chi connectivity index (χ1v) is 7.92. The lowest BCUT2D eigenvalue weighted by Crippen LogP contribution is -2.18. The van der Waals surface area contributed by atoms with E-state index in [4.69, 9.17) is 21.8 Å². The van der Waals surface area contributed by atoms with E-state index in [1.165, 1.54) is 11.8 Å². The van der Waals surface area contributed by atoms with Crippen molar-refractivity contribution >= 4 is 23.4 Å². The lowest BCUT2D eigenvalue weighted by atomic mass is 10.0. The molecule has 1 aromatic heterocycles. The quantitative estimate of drug-likeness (QED) is 0.815. The molecule has 0 saturated heterocycles. The Hall–Kier alpha value is -1.04. The first-order valence-electron chi connectivity index (χ1n) is 6.56. The minimum atomic E-state index is -0.201. The van der Waals surface area contributed by atoms with Crippen LogP contribution in [0.4, 0.5) is 0 Å². The summed E-state index contributed by atoms with van der Waals surface area (Å²) in [5.74, 6) is 1.56. The van der Waals surface area contributed by atoms with E-state index in [9.17, 15) is 0 Å². The predicted octanol–water partition coefficient (Wildman–Crippen LogP) is 4.06. The third kappa shape index (κ3) is 3.98. The molecule has 2 atom stereocenters. The second-order valence-electron chi connectivity index (χ2n) is 4.74. The Kier molecular flexibility index (Phi) is 5.46. The summed E-state index contributed by atoms with van der Waals surface area (Å²) in [6.45, 7) is 4.17. The summed E-state index contributed by atoms with van der Waals surface area (Å²) in [6, 6.07) is 7.52. The molecule has 0 fully saturated rings. The molecule has 0 aliphatic carbocycles. The molecule has 0 spiro atoms. The van der Waals surface area contributed by atoms with E-state index in [1.807, 2.05) is 24.3 Å². The van der Waals surface area contributed by atoms with E-state index in [2.05, 4.69) is 24.0 Å². The third-order valence-corrected chi connectivity index (χ3v) is 4.34. The number of nitrogens with two attached hydrogens (primary N) is 1. The van der Waals surface area contributed by atoms with Crippen molar-refractivity contribution in [2.45, 2.75) is 37.3 Å². The van der Waals surface area contributed by atoms with Crippen LogP contribution in [0.3, 0.4) is 0 Å². The van der Waals surface area contributed by atoms with Crippen molar-refractivity contribution in [3.8, 4) is 0 Å². The van der Waals surface area contributed by atoms with E-state index < -0.39 is 0 Å². The van der Waals surface area contributed by atoms with Crippen LogP contribution >= 0.6 is 23.4 Å². The molecule has 0 aliphatic rings. The molecule has 0 radical (unpaired) electrons. The van der Waals surface area contributed by atoms with Crippen molar-refractivity contribution in [2.24, 2.45) is 11.7 Å². The van der Waals surface area contributed by atoms with Crippen LogP contribution in [-0.2, 0) is 5.75 Å². The number of nitrogens with zero attached hydrogens (tertiary/aromatic N) is 2. The average Bonchev–Trinajstić information content (AvgIpc) is 2.92. The van der Waals surface area contributed by atoms with Gasteiger partial charge < -0.3 is 10.2 Å². The Bertz CT molecular complexity index is 561. The lowest BCUT2D eigenvalue weighted by molar-refractivity contribution is 0.333. The van der Waals surface area contributed by atoms with Crippen LogP contribution in [0, 0.1) is 5.92 Å². The number of halogens is 1. The Morgan fingerprint density at radius 3 is 2.90 bits per heavy atom. The van der Waals surface area contributed by atoms with E-state index >= 15 is 0 Å². The number of thioether (sulfide) groups is 1. The van der Waals surface area contributed by atoms with E-state index in [0.29, 0.717) is 17.0 Å². The zero-order valence-corrected chi connectivity index (χ0v) is 13.1. The van der Waals surface area contributed by atoms with Gasteiger partial charge in [0.25, 0.3) is 5.22 Å². The maximum Gasteiger partial charge on any atom is 0.276 e. The van der Waals surface area contributed by atoms with Crippen LogP contribution in [0.2, 0.25) is 5.02 Å². The van der Waals surface area contributed by atoms with Gasteiger partial charge in [0.05, 0.1) is 6.04 Å². The largest absolute Gasteiger partial charge is 0.414 e. The Morgan fingerprint density at radius 1 is 1.40 bits per heavy atom. The van der Waals surface area contributed by atoms with Crippen molar-refractivity contribution in [1.82, 2.24) is 10.2 Å². The van der Waals surface area contributed by atoms with E-state index in [1.54, 1.807) is 0 Å². The summed E-state index contributed by atoms with van der Waals surface area (Å²) in [7, 11) is 0. The Balaban J connectivity index is 1.96. The molecular weight excluding hydrogens is 294 g/mol. The fraction of sp³-hybridized carbons (Fsp3) is 0.429. The molecule has 2 rings (SSSR count). The van der Waals surface area contributed by atoms with Crippen LogP contribution < -0.4 is 5.73 Å². The smallest absolute Gasteiger partial charge is 0.276 e. The van der Waals surface area contributed by atoms with Crippen molar-refractivity contribution in [2.75, 3.05) is 0 Å². The molecule has 20 heavy (non-hydrogen) atoms. The number of aromatic nitrogens is 2. The zero-order chi connectivity index (χ0) is 14.5. The van der Waals surface area contributed by atoms with Crippen LogP contribution in [0.5, 0.6) is 0 Å². The summed E-state index contributed by atoms with van der Waals surface area (Å²) in [5, 5.41) is 9.32. The fourth-order valence-electron chi connectivity index (χ4n) is 1.68. The Morgan fingerprint density at radius 2 is 2.20 bits per heavy atom.